The van der Waals surface area contributed by atoms with Crippen LogP contribution >= 0.6 is 11.9 Å². The zero-order valence-corrected chi connectivity index (χ0v) is 25.3. The predicted octanol–water partition coefficient (Wildman–Crippen LogP) is 6.67. The summed E-state index contributed by atoms with van der Waals surface area (Å²) >= 11 is 1.19. The Morgan fingerprint density at radius 2 is 1.98 bits per heavy atom. The van der Waals surface area contributed by atoms with Crippen molar-refractivity contribution in [2.75, 3.05) is 16.8 Å². The number of carbonyl (C=O) groups is 1. The molecule has 0 radical (unpaired) electrons. The third-order valence-electron chi connectivity index (χ3n) is 7.19. The van der Waals surface area contributed by atoms with E-state index in [1.807, 2.05) is 36.4 Å². The van der Waals surface area contributed by atoms with E-state index in [2.05, 4.69) is 74.5 Å². The smallest absolute Gasteiger partial charge is 0.265 e. The maximum Gasteiger partial charge on any atom is 0.265 e. The molecule has 4 rings (SSSR count). The Balaban J connectivity index is 1.51. The topological polar surface area (TPSA) is 107 Å². The van der Waals surface area contributed by atoms with Crippen molar-refractivity contribution in [3.05, 3.63) is 71.2 Å². The Hall–Kier alpha value is -3.64. The Morgan fingerprint density at radius 3 is 2.58 bits per heavy atom. The average Bonchev–Trinajstić information content (AvgIpc) is 3.21. The number of hydrogen-bond donors (Lipinski definition) is 2. The predicted molar refractivity (Wildman–Crippen MR) is 161 cm³/mol. The first kappa shape index (κ1) is 29.3. The van der Waals surface area contributed by atoms with Crippen LogP contribution in [0.4, 0.5) is 11.6 Å². The van der Waals surface area contributed by atoms with E-state index in [0.29, 0.717) is 27.9 Å². The van der Waals surface area contributed by atoms with E-state index in [0.717, 1.165) is 36.6 Å². The average molecular weight is 558 g/mol. The molecular formula is C31H39N7OS. The summed E-state index contributed by atoms with van der Waals surface area (Å²) in [4.78, 5) is 30.0. The minimum atomic E-state index is -0.198. The van der Waals surface area contributed by atoms with Crippen LogP contribution in [0.15, 0.2) is 53.7 Å². The Morgan fingerprint density at radius 1 is 1.20 bits per heavy atom. The van der Waals surface area contributed by atoms with Crippen molar-refractivity contribution < 1.29 is 4.79 Å². The van der Waals surface area contributed by atoms with Crippen LogP contribution in [0.1, 0.15) is 94.7 Å². The highest BCUT2D eigenvalue weighted by Gasteiger charge is 2.39. The summed E-state index contributed by atoms with van der Waals surface area (Å²) in [6, 6.07) is 15.2. The van der Waals surface area contributed by atoms with Crippen LogP contribution in [0, 0.1) is 17.2 Å². The second-order valence-corrected chi connectivity index (χ2v) is 13.0. The van der Waals surface area contributed by atoms with E-state index in [9.17, 15) is 4.79 Å². The number of rotatable bonds is 8. The van der Waals surface area contributed by atoms with Gasteiger partial charge in [-0.25, -0.2) is 9.97 Å². The molecule has 2 atom stereocenters. The molecule has 1 fully saturated rings. The van der Waals surface area contributed by atoms with Crippen LogP contribution in [0.25, 0.3) is 0 Å². The molecule has 40 heavy (non-hydrogen) atoms. The standard InChI is InChI=1S/C31H39N7OS/c1-8-23(24-14-12-21(17-32)18-33-24)34-26-10-9-11-27(36-26)40-37-29(39)22-13-15-25(30(3,4)5)35-28(22)38-19-20(2)16-31(38,6)7/h9-15,18,20,23H,8,16,19H2,1-7H3,(H,34,36)(H,37,39). The molecular weight excluding hydrogens is 518 g/mol. The zero-order chi connectivity index (χ0) is 29.1. The van der Waals surface area contributed by atoms with Crippen LogP contribution in [0.3, 0.4) is 0 Å². The van der Waals surface area contributed by atoms with Gasteiger partial charge in [-0.05, 0) is 69.0 Å². The summed E-state index contributed by atoms with van der Waals surface area (Å²) < 4.78 is 2.99. The summed E-state index contributed by atoms with van der Waals surface area (Å²) in [6.07, 6.45) is 3.42. The van der Waals surface area contributed by atoms with Gasteiger partial charge >= 0.3 is 0 Å². The van der Waals surface area contributed by atoms with E-state index in [-0.39, 0.29) is 22.9 Å². The van der Waals surface area contributed by atoms with Crippen LogP contribution in [-0.2, 0) is 5.41 Å². The summed E-state index contributed by atoms with van der Waals surface area (Å²) in [5.74, 6) is 1.74. The number of carbonyl (C=O) groups excluding carboxylic acids is 1. The van der Waals surface area contributed by atoms with E-state index in [1.54, 1.807) is 12.3 Å². The largest absolute Gasteiger partial charge is 0.362 e. The highest BCUT2D eigenvalue weighted by Crippen LogP contribution is 2.38. The number of anilines is 2. The van der Waals surface area contributed by atoms with E-state index < -0.39 is 0 Å². The number of pyridine rings is 3. The molecule has 4 heterocycles. The Kier molecular flexibility index (Phi) is 8.69. The quantitative estimate of drug-likeness (QED) is 0.296. The molecule has 210 valence electrons. The van der Waals surface area contributed by atoms with Crippen molar-refractivity contribution in [1.29, 1.82) is 5.26 Å². The van der Waals surface area contributed by atoms with Gasteiger partial charge in [0.25, 0.3) is 5.91 Å². The highest BCUT2D eigenvalue weighted by molar-refractivity contribution is 7.97. The molecule has 9 heteroatoms. The monoisotopic (exact) mass is 557 g/mol. The van der Waals surface area contributed by atoms with Gasteiger partial charge in [-0.3, -0.25) is 14.5 Å². The normalized spacial score (nSPS) is 17.2. The lowest BCUT2D eigenvalue weighted by molar-refractivity contribution is 0.0984. The van der Waals surface area contributed by atoms with Gasteiger partial charge in [-0.1, -0.05) is 40.7 Å². The summed E-state index contributed by atoms with van der Waals surface area (Å²) in [5.41, 5.74) is 2.67. The van der Waals surface area contributed by atoms with Gasteiger partial charge < -0.3 is 10.2 Å². The summed E-state index contributed by atoms with van der Waals surface area (Å²) in [6.45, 7) is 16.0. The lowest BCUT2D eigenvalue weighted by Gasteiger charge is -2.34. The summed E-state index contributed by atoms with van der Waals surface area (Å²) in [5, 5.41) is 13.1. The molecule has 1 amide bonds. The fraction of sp³-hybridized carbons (Fsp3) is 0.452. The highest BCUT2D eigenvalue weighted by atomic mass is 32.2. The Bertz CT molecular complexity index is 1390. The molecule has 0 aliphatic carbocycles. The molecule has 0 aromatic carbocycles. The molecule has 1 saturated heterocycles. The van der Waals surface area contributed by atoms with Gasteiger partial charge in [0.15, 0.2) is 0 Å². The minimum absolute atomic E-state index is 0.0590. The second kappa shape index (κ2) is 11.8. The number of nitrogens with one attached hydrogen (secondary N) is 2. The van der Waals surface area contributed by atoms with Gasteiger partial charge in [-0.15, -0.1) is 0 Å². The molecule has 0 saturated carbocycles. The van der Waals surface area contributed by atoms with Crippen LogP contribution in [0.2, 0.25) is 0 Å². The van der Waals surface area contributed by atoms with Crippen LogP contribution in [0.5, 0.6) is 0 Å². The second-order valence-electron chi connectivity index (χ2n) is 12.1. The van der Waals surface area contributed by atoms with Crippen molar-refractivity contribution in [2.24, 2.45) is 5.92 Å². The molecule has 0 spiro atoms. The molecule has 2 unspecified atom stereocenters. The number of hydrogen-bond acceptors (Lipinski definition) is 8. The van der Waals surface area contributed by atoms with Gasteiger partial charge in [0.1, 0.15) is 22.7 Å². The third kappa shape index (κ3) is 6.73. The lowest BCUT2D eigenvalue weighted by atomic mass is 9.91. The summed E-state index contributed by atoms with van der Waals surface area (Å²) in [7, 11) is 0. The van der Waals surface area contributed by atoms with E-state index >= 15 is 0 Å². The van der Waals surface area contributed by atoms with Crippen molar-refractivity contribution in [3.8, 4) is 6.07 Å². The number of amides is 1. The minimum Gasteiger partial charge on any atom is -0.362 e. The van der Waals surface area contributed by atoms with Gasteiger partial charge in [0.2, 0.25) is 0 Å². The first-order valence-corrected chi connectivity index (χ1v) is 14.6. The molecule has 0 bridgehead atoms. The van der Waals surface area contributed by atoms with E-state index in [1.165, 1.54) is 11.9 Å². The van der Waals surface area contributed by atoms with Crippen molar-refractivity contribution >= 4 is 29.5 Å². The maximum atomic E-state index is 13.5. The fourth-order valence-corrected chi connectivity index (χ4v) is 5.75. The molecule has 3 aromatic heterocycles. The van der Waals surface area contributed by atoms with Crippen LogP contribution < -0.4 is 14.9 Å². The molecule has 1 aliphatic heterocycles. The Labute approximate surface area is 242 Å². The van der Waals surface area contributed by atoms with Gasteiger partial charge in [-0.2, -0.15) is 5.26 Å². The molecule has 8 nitrogen and oxygen atoms in total. The molecule has 3 aromatic rings. The number of aromatic nitrogens is 3. The third-order valence-corrected chi connectivity index (χ3v) is 7.92. The first-order chi connectivity index (χ1) is 18.9. The lowest BCUT2D eigenvalue weighted by Crippen LogP contribution is -2.40. The first-order valence-electron chi connectivity index (χ1n) is 13.8. The molecule has 2 N–H and O–H groups in total. The van der Waals surface area contributed by atoms with Crippen LogP contribution in [-0.4, -0.2) is 32.9 Å². The van der Waals surface area contributed by atoms with Crippen molar-refractivity contribution in [3.63, 3.8) is 0 Å². The van der Waals surface area contributed by atoms with Crippen molar-refractivity contribution in [2.45, 2.75) is 83.3 Å². The van der Waals surface area contributed by atoms with Gasteiger partial charge in [0, 0.05) is 41.3 Å². The zero-order valence-electron chi connectivity index (χ0n) is 24.4. The van der Waals surface area contributed by atoms with E-state index in [4.69, 9.17) is 15.2 Å². The number of nitriles is 1. The maximum absolute atomic E-state index is 13.5. The molecule has 1 aliphatic rings. The number of nitrogens with zero attached hydrogens (tertiary/aromatic N) is 5. The van der Waals surface area contributed by atoms with Crippen molar-refractivity contribution in [1.82, 2.24) is 19.7 Å². The SMILES string of the molecule is CCC(Nc1cccc(SNC(=O)c2ccc(C(C)(C)C)nc2N2CC(C)CC2(C)C)n1)c1ccc(C#N)cn1. The van der Waals surface area contributed by atoms with Gasteiger partial charge in [0.05, 0.1) is 22.9 Å². The fourth-order valence-electron chi connectivity index (χ4n) is 5.16.